The van der Waals surface area contributed by atoms with Crippen LogP contribution < -0.4 is 0 Å². The molecule has 1 saturated heterocycles. The number of carbonyl (C=O) groups excluding carboxylic acids is 1. The highest BCUT2D eigenvalue weighted by molar-refractivity contribution is 9.10. The molecule has 2 rings (SSSR count). The molecular formula is C9H8BrNO3S2. The quantitative estimate of drug-likeness (QED) is 0.906. The predicted octanol–water partition coefficient (Wildman–Crippen LogP) is 2.11. The van der Waals surface area contributed by atoms with Crippen LogP contribution in [-0.2, 0) is 4.79 Å². The van der Waals surface area contributed by atoms with Crippen molar-refractivity contribution in [3.63, 3.8) is 0 Å². The molecule has 2 heterocycles. The van der Waals surface area contributed by atoms with Crippen molar-refractivity contribution in [1.29, 1.82) is 0 Å². The van der Waals surface area contributed by atoms with Crippen molar-refractivity contribution < 1.29 is 14.7 Å². The van der Waals surface area contributed by atoms with Crippen LogP contribution in [0.2, 0.25) is 0 Å². The SMILES string of the molecule is O=C(O)C1CSCN1C(=O)c1sccc1Br. The summed E-state index contributed by atoms with van der Waals surface area (Å²) in [5.41, 5.74) is 0. The lowest BCUT2D eigenvalue weighted by Crippen LogP contribution is -2.41. The molecule has 0 saturated carbocycles. The number of nitrogens with zero attached hydrogens (tertiary/aromatic N) is 1. The second kappa shape index (κ2) is 4.77. The Bertz CT molecular complexity index is 434. The van der Waals surface area contributed by atoms with Gasteiger partial charge in [-0.05, 0) is 27.4 Å². The highest BCUT2D eigenvalue weighted by atomic mass is 79.9. The Balaban J connectivity index is 2.22. The van der Waals surface area contributed by atoms with Crippen LogP contribution in [0.25, 0.3) is 0 Å². The normalized spacial score (nSPS) is 20.1. The van der Waals surface area contributed by atoms with Gasteiger partial charge in [-0.3, -0.25) is 4.79 Å². The van der Waals surface area contributed by atoms with Gasteiger partial charge in [0.05, 0.1) is 5.88 Å². The van der Waals surface area contributed by atoms with E-state index in [0.717, 1.165) is 4.47 Å². The van der Waals surface area contributed by atoms with E-state index in [-0.39, 0.29) is 5.91 Å². The molecule has 1 unspecified atom stereocenters. The van der Waals surface area contributed by atoms with E-state index in [1.165, 1.54) is 28.0 Å². The van der Waals surface area contributed by atoms with Crippen LogP contribution in [0.1, 0.15) is 9.67 Å². The second-order valence-electron chi connectivity index (χ2n) is 3.23. The molecule has 86 valence electrons. The third-order valence-corrected chi connectivity index (χ3v) is 5.08. The summed E-state index contributed by atoms with van der Waals surface area (Å²) in [5, 5.41) is 10.8. The molecule has 0 aromatic carbocycles. The van der Waals surface area contributed by atoms with Gasteiger partial charge in [-0.2, -0.15) is 0 Å². The fourth-order valence-electron chi connectivity index (χ4n) is 1.42. The van der Waals surface area contributed by atoms with Gasteiger partial charge in [0.1, 0.15) is 10.9 Å². The van der Waals surface area contributed by atoms with E-state index in [1.807, 2.05) is 0 Å². The lowest BCUT2D eigenvalue weighted by molar-refractivity contribution is -0.140. The van der Waals surface area contributed by atoms with Gasteiger partial charge < -0.3 is 10.0 Å². The number of hydrogen-bond donors (Lipinski definition) is 1. The number of amides is 1. The largest absolute Gasteiger partial charge is 0.480 e. The van der Waals surface area contributed by atoms with Gasteiger partial charge in [0, 0.05) is 10.2 Å². The number of halogens is 1. The minimum Gasteiger partial charge on any atom is -0.480 e. The van der Waals surface area contributed by atoms with Gasteiger partial charge in [0.15, 0.2) is 0 Å². The topological polar surface area (TPSA) is 57.6 Å². The van der Waals surface area contributed by atoms with Crippen LogP contribution in [0, 0.1) is 0 Å². The Kier molecular flexibility index (Phi) is 3.56. The standard InChI is InChI=1S/C9H8BrNO3S2/c10-5-1-2-16-7(5)8(12)11-4-15-3-6(11)9(13)14/h1-2,6H,3-4H2,(H,13,14). The molecule has 0 spiro atoms. The first-order valence-corrected chi connectivity index (χ1v) is 7.28. The summed E-state index contributed by atoms with van der Waals surface area (Å²) in [4.78, 5) is 25.0. The van der Waals surface area contributed by atoms with Crippen LogP contribution >= 0.6 is 39.0 Å². The van der Waals surface area contributed by atoms with E-state index >= 15 is 0 Å². The molecule has 1 amide bonds. The number of carboxylic acid groups (broad SMARTS) is 1. The van der Waals surface area contributed by atoms with Gasteiger partial charge in [0.25, 0.3) is 5.91 Å². The molecule has 7 heteroatoms. The van der Waals surface area contributed by atoms with Crippen molar-refractivity contribution in [2.45, 2.75) is 6.04 Å². The monoisotopic (exact) mass is 321 g/mol. The Labute approximate surface area is 109 Å². The van der Waals surface area contributed by atoms with Gasteiger partial charge in [-0.15, -0.1) is 23.1 Å². The summed E-state index contributed by atoms with van der Waals surface area (Å²) in [6.45, 7) is 0. The van der Waals surface area contributed by atoms with E-state index < -0.39 is 12.0 Å². The van der Waals surface area contributed by atoms with Gasteiger partial charge >= 0.3 is 5.97 Å². The number of carbonyl (C=O) groups is 2. The van der Waals surface area contributed by atoms with Crippen molar-refractivity contribution in [2.24, 2.45) is 0 Å². The third kappa shape index (κ3) is 2.11. The molecular weight excluding hydrogens is 314 g/mol. The minimum atomic E-state index is -0.939. The number of thioether (sulfide) groups is 1. The fourth-order valence-corrected chi connectivity index (χ4v) is 4.07. The van der Waals surface area contributed by atoms with Crippen molar-refractivity contribution in [3.05, 3.63) is 20.8 Å². The van der Waals surface area contributed by atoms with Crippen LogP contribution in [0.15, 0.2) is 15.9 Å². The summed E-state index contributed by atoms with van der Waals surface area (Å²) in [5.74, 6) is -0.241. The first kappa shape index (κ1) is 11.9. The Morgan fingerprint density at radius 3 is 2.88 bits per heavy atom. The number of hydrogen-bond acceptors (Lipinski definition) is 4. The molecule has 1 aromatic rings. The molecule has 1 aromatic heterocycles. The fraction of sp³-hybridized carbons (Fsp3) is 0.333. The van der Waals surface area contributed by atoms with E-state index in [0.29, 0.717) is 16.5 Å². The average Bonchev–Trinajstić information content (AvgIpc) is 2.84. The number of aliphatic carboxylic acids is 1. The van der Waals surface area contributed by atoms with Gasteiger partial charge in [-0.1, -0.05) is 0 Å². The van der Waals surface area contributed by atoms with E-state index in [9.17, 15) is 9.59 Å². The summed E-state index contributed by atoms with van der Waals surface area (Å²) in [6, 6.07) is 1.09. The zero-order valence-electron chi connectivity index (χ0n) is 8.05. The Morgan fingerprint density at radius 2 is 2.31 bits per heavy atom. The van der Waals surface area contributed by atoms with Crippen molar-refractivity contribution in [3.8, 4) is 0 Å². The number of thiophene rings is 1. The molecule has 0 aliphatic carbocycles. The third-order valence-electron chi connectivity index (χ3n) is 2.24. The summed E-state index contributed by atoms with van der Waals surface area (Å²) in [7, 11) is 0. The second-order valence-corrected chi connectivity index (χ2v) is 6.00. The highest BCUT2D eigenvalue weighted by Crippen LogP contribution is 2.29. The molecule has 4 nitrogen and oxygen atoms in total. The molecule has 0 radical (unpaired) electrons. The van der Waals surface area contributed by atoms with Crippen LogP contribution in [-0.4, -0.2) is 39.6 Å². The summed E-state index contributed by atoms with van der Waals surface area (Å²) >= 11 is 6.06. The van der Waals surface area contributed by atoms with Crippen molar-refractivity contribution >= 4 is 50.9 Å². The molecule has 1 N–H and O–H groups in total. The Morgan fingerprint density at radius 1 is 1.56 bits per heavy atom. The van der Waals surface area contributed by atoms with Crippen molar-refractivity contribution in [1.82, 2.24) is 4.90 Å². The van der Waals surface area contributed by atoms with Crippen LogP contribution in [0.3, 0.4) is 0 Å². The maximum Gasteiger partial charge on any atom is 0.327 e. The van der Waals surface area contributed by atoms with Crippen molar-refractivity contribution in [2.75, 3.05) is 11.6 Å². The molecule has 0 bridgehead atoms. The zero-order valence-corrected chi connectivity index (χ0v) is 11.3. The van der Waals surface area contributed by atoms with E-state index in [2.05, 4.69) is 15.9 Å². The van der Waals surface area contributed by atoms with Crippen LogP contribution in [0.4, 0.5) is 0 Å². The first-order chi connectivity index (χ1) is 7.61. The predicted molar refractivity (Wildman–Crippen MR) is 66.9 cm³/mol. The molecule has 1 atom stereocenters. The first-order valence-electron chi connectivity index (χ1n) is 4.45. The lowest BCUT2D eigenvalue weighted by atomic mass is 10.3. The molecule has 1 aliphatic rings. The van der Waals surface area contributed by atoms with E-state index in [4.69, 9.17) is 5.11 Å². The van der Waals surface area contributed by atoms with Gasteiger partial charge in [-0.25, -0.2) is 4.79 Å². The Hall–Kier alpha value is -0.530. The maximum absolute atomic E-state index is 12.1. The number of carboxylic acids is 1. The maximum atomic E-state index is 12.1. The smallest absolute Gasteiger partial charge is 0.327 e. The summed E-state index contributed by atoms with van der Waals surface area (Å²) in [6.07, 6.45) is 0. The zero-order chi connectivity index (χ0) is 11.7. The minimum absolute atomic E-state index is 0.209. The van der Waals surface area contributed by atoms with Crippen LogP contribution in [0.5, 0.6) is 0 Å². The van der Waals surface area contributed by atoms with E-state index in [1.54, 1.807) is 11.4 Å². The lowest BCUT2D eigenvalue weighted by Gasteiger charge is -2.19. The molecule has 16 heavy (non-hydrogen) atoms. The highest BCUT2D eigenvalue weighted by Gasteiger charge is 2.35. The van der Waals surface area contributed by atoms with Gasteiger partial charge in [0.2, 0.25) is 0 Å². The summed E-state index contributed by atoms with van der Waals surface area (Å²) < 4.78 is 0.725. The molecule has 1 aliphatic heterocycles. The molecule has 1 fully saturated rings. The number of rotatable bonds is 2. The average molecular weight is 322 g/mol.